The zero-order valence-corrected chi connectivity index (χ0v) is 20.7. The Hall–Kier alpha value is -4.75. The number of hydrogen-bond donors (Lipinski definition) is 4. The molecule has 1 fully saturated rings. The standard InChI is InChI=1S/C27H29N9O/c1-3-25(37)32-24-14-19(36-12-10-35(4-2)11-13-36)8-9-23(24)33-27-31-17-18(15-28)26(34-27)20-6-5-7-22(30)21(20)16-29/h3,5-9,14,16-17,29H,1,4,10-13,30H2,2H3,(H,32,37)(H,31,33,34). The minimum Gasteiger partial charge on any atom is -0.398 e. The van der Waals surface area contributed by atoms with Crippen molar-refractivity contribution in [3.05, 3.63) is 66.4 Å². The zero-order chi connectivity index (χ0) is 26.4. The molecule has 37 heavy (non-hydrogen) atoms. The number of nitrogens with zero attached hydrogens (tertiary/aromatic N) is 5. The molecule has 1 saturated heterocycles. The maximum atomic E-state index is 12.2. The fourth-order valence-electron chi connectivity index (χ4n) is 4.25. The number of nitrogen functional groups attached to an aromatic ring is 1. The summed E-state index contributed by atoms with van der Waals surface area (Å²) >= 11 is 0. The summed E-state index contributed by atoms with van der Waals surface area (Å²) in [5.41, 5.74) is 10.2. The van der Waals surface area contributed by atoms with Crippen LogP contribution in [0, 0.1) is 16.7 Å². The van der Waals surface area contributed by atoms with Crippen LogP contribution >= 0.6 is 0 Å². The average Bonchev–Trinajstić information content (AvgIpc) is 2.93. The third-order valence-corrected chi connectivity index (χ3v) is 6.33. The maximum absolute atomic E-state index is 12.2. The lowest BCUT2D eigenvalue weighted by molar-refractivity contribution is -0.111. The summed E-state index contributed by atoms with van der Waals surface area (Å²) in [5.74, 6) is -0.112. The van der Waals surface area contributed by atoms with E-state index in [2.05, 4.69) is 50.0 Å². The molecule has 0 unspecified atom stereocenters. The maximum Gasteiger partial charge on any atom is 0.247 e. The van der Waals surface area contributed by atoms with Crippen LogP contribution in [0.25, 0.3) is 11.3 Å². The van der Waals surface area contributed by atoms with Gasteiger partial charge in [0.25, 0.3) is 0 Å². The Kier molecular flexibility index (Phi) is 7.76. The SMILES string of the molecule is C=CC(=O)Nc1cc(N2CCN(CC)CC2)ccc1Nc1ncc(C#N)c(-c2cccc(N)c2C=N)n1. The number of nitrogens with two attached hydrogens (primary N) is 1. The molecule has 0 radical (unpaired) electrons. The topological polar surface area (TPSA) is 147 Å². The Morgan fingerprint density at radius 2 is 2.03 bits per heavy atom. The second-order valence-corrected chi connectivity index (χ2v) is 8.49. The summed E-state index contributed by atoms with van der Waals surface area (Å²) in [6, 6.07) is 13.1. The van der Waals surface area contributed by atoms with Crippen molar-refractivity contribution in [3.63, 3.8) is 0 Å². The van der Waals surface area contributed by atoms with Gasteiger partial charge < -0.3 is 31.6 Å². The van der Waals surface area contributed by atoms with Crippen LogP contribution in [0.4, 0.5) is 28.7 Å². The predicted octanol–water partition coefficient (Wildman–Crippen LogP) is 3.61. The molecule has 1 amide bonds. The van der Waals surface area contributed by atoms with Gasteiger partial charge in [0, 0.05) is 54.9 Å². The van der Waals surface area contributed by atoms with Gasteiger partial charge in [0.05, 0.1) is 28.8 Å². The highest BCUT2D eigenvalue weighted by Crippen LogP contribution is 2.32. The summed E-state index contributed by atoms with van der Waals surface area (Å²) in [6.45, 7) is 10.5. The molecule has 1 aliphatic heterocycles. The van der Waals surface area contributed by atoms with E-state index in [0.717, 1.165) is 44.6 Å². The molecule has 5 N–H and O–H groups in total. The molecule has 0 saturated carbocycles. The lowest BCUT2D eigenvalue weighted by atomic mass is 10.0. The number of nitrogens with one attached hydrogen (secondary N) is 3. The molecule has 0 atom stereocenters. The lowest BCUT2D eigenvalue weighted by Gasteiger charge is -2.35. The number of anilines is 5. The number of rotatable bonds is 8. The van der Waals surface area contributed by atoms with E-state index < -0.39 is 0 Å². The number of carbonyl (C=O) groups excluding carboxylic acids is 1. The summed E-state index contributed by atoms with van der Waals surface area (Å²) in [7, 11) is 0. The molecule has 1 aliphatic rings. The highest BCUT2D eigenvalue weighted by molar-refractivity contribution is 6.02. The highest BCUT2D eigenvalue weighted by Gasteiger charge is 2.19. The minimum atomic E-state index is -0.340. The van der Waals surface area contributed by atoms with Gasteiger partial charge in [0.1, 0.15) is 6.07 Å². The highest BCUT2D eigenvalue weighted by atomic mass is 16.1. The van der Waals surface area contributed by atoms with E-state index in [1.807, 2.05) is 18.2 Å². The second-order valence-electron chi connectivity index (χ2n) is 8.49. The first-order valence-electron chi connectivity index (χ1n) is 12.0. The van der Waals surface area contributed by atoms with Gasteiger partial charge in [-0.05, 0) is 36.9 Å². The number of carbonyl (C=O) groups is 1. The number of amides is 1. The first-order valence-corrected chi connectivity index (χ1v) is 12.0. The molecular weight excluding hydrogens is 466 g/mol. The molecule has 2 heterocycles. The molecule has 1 aromatic heterocycles. The molecule has 0 bridgehead atoms. The summed E-state index contributed by atoms with van der Waals surface area (Å²) in [6.07, 6.45) is 3.78. The average molecular weight is 496 g/mol. The largest absolute Gasteiger partial charge is 0.398 e. The number of aromatic nitrogens is 2. The molecular formula is C27H29N9O. The van der Waals surface area contributed by atoms with Gasteiger partial charge in [-0.25, -0.2) is 9.97 Å². The number of benzene rings is 2. The van der Waals surface area contributed by atoms with Crippen LogP contribution in [0.15, 0.2) is 55.3 Å². The van der Waals surface area contributed by atoms with E-state index in [1.54, 1.807) is 18.2 Å². The zero-order valence-electron chi connectivity index (χ0n) is 20.7. The Balaban J connectivity index is 1.69. The second kappa shape index (κ2) is 11.3. The normalized spacial score (nSPS) is 13.5. The van der Waals surface area contributed by atoms with Crippen molar-refractivity contribution in [2.75, 3.05) is 54.0 Å². The molecule has 2 aromatic carbocycles. The molecule has 188 valence electrons. The number of likely N-dealkylation sites (N-methyl/N-ethyl adjacent to an activating group) is 1. The van der Waals surface area contributed by atoms with Crippen molar-refractivity contribution in [1.29, 1.82) is 10.7 Å². The van der Waals surface area contributed by atoms with Gasteiger partial charge >= 0.3 is 0 Å². The first kappa shape index (κ1) is 25.3. The monoisotopic (exact) mass is 495 g/mol. The van der Waals surface area contributed by atoms with Crippen LogP contribution in [-0.2, 0) is 4.79 Å². The smallest absolute Gasteiger partial charge is 0.247 e. The van der Waals surface area contributed by atoms with Crippen LogP contribution in [0.5, 0.6) is 0 Å². The van der Waals surface area contributed by atoms with E-state index in [9.17, 15) is 10.1 Å². The van der Waals surface area contributed by atoms with Gasteiger partial charge in [-0.15, -0.1) is 0 Å². The van der Waals surface area contributed by atoms with Crippen LogP contribution in [0.1, 0.15) is 18.1 Å². The van der Waals surface area contributed by atoms with Gasteiger partial charge in [0.15, 0.2) is 0 Å². The third-order valence-electron chi connectivity index (χ3n) is 6.33. The molecule has 0 aliphatic carbocycles. The Bertz CT molecular complexity index is 1370. The summed E-state index contributed by atoms with van der Waals surface area (Å²) in [4.78, 5) is 25.8. The first-order chi connectivity index (χ1) is 18.0. The van der Waals surface area contributed by atoms with Crippen molar-refractivity contribution in [2.45, 2.75) is 6.92 Å². The van der Waals surface area contributed by atoms with Crippen LogP contribution in [-0.4, -0.2) is 59.7 Å². The molecule has 0 spiro atoms. The van der Waals surface area contributed by atoms with Crippen LogP contribution in [0.3, 0.4) is 0 Å². The van der Waals surface area contributed by atoms with E-state index in [0.29, 0.717) is 33.9 Å². The van der Waals surface area contributed by atoms with Gasteiger partial charge in [-0.3, -0.25) is 4.79 Å². The molecule has 10 nitrogen and oxygen atoms in total. The van der Waals surface area contributed by atoms with Crippen LogP contribution < -0.4 is 21.3 Å². The fraction of sp³-hybridized carbons (Fsp3) is 0.222. The Morgan fingerprint density at radius 3 is 2.70 bits per heavy atom. The Labute approximate surface area is 216 Å². The fourth-order valence-corrected chi connectivity index (χ4v) is 4.25. The summed E-state index contributed by atoms with van der Waals surface area (Å²) < 4.78 is 0. The molecule has 10 heteroatoms. The lowest BCUT2D eigenvalue weighted by Crippen LogP contribution is -2.46. The number of hydrogen-bond acceptors (Lipinski definition) is 9. The predicted molar refractivity (Wildman–Crippen MR) is 147 cm³/mol. The van der Waals surface area contributed by atoms with Crippen molar-refractivity contribution in [2.24, 2.45) is 0 Å². The third kappa shape index (κ3) is 5.58. The van der Waals surface area contributed by atoms with E-state index in [-0.39, 0.29) is 17.4 Å². The van der Waals surface area contributed by atoms with Crippen molar-refractivity contribution in [1.82, 2.24) is 14.9 Å². The molecule has 3 aromatic rings. The van der Waals surface area contributed by atoms with Crippen molar-refractivity contribution in [3.8, 4) is 17.3 Å². The van der Waals surface area contributed by atoms with E-state index in [4.69, 9.17) is 11.1 Å². The number of nitriles is 1. The van der Waals surface area contributed by atoms with E-state index in [1.165, 1.54) is 12.3 Å². The summed E-state index contributed by atoms with van der Waals surface area (Å²) in [5, 5.41) is 23.4. The minimum absolute atomic E-state index is 0.228. The quantitative estimate of drug-likeness (QED) is 0.211. The van der Waals surface area contributed by atoms with Crippen LogP contribution in [0.2, 0.25) is 0 Å². The van der Waals surface area contributed by atoms with Gasteiger partial charge in [-0.1, -0.05) is 25.6 Å². The van der Waals surface area contributed by atoms with Crippen molar-refractivity contribution < 1.29 is 4.79 Å². The van der Waals surface area contributed by atoms with Gasteiger partial charge in [0.2, 0.25) is 11.9 Å². The number of piperazine rings is 1. The molecule has 4 rings (SSSR count). The van der Waals surface area contributed by atoms with Crippen molar-refractivity contribution >= 4 is 40.8 Å². The van der Waals surface area contributed by atoms with E-state index >= 15 is 0 Å². The van der Waals surface area contributed by atoms with Gasteiger partial charge in [-0.2, -0.15) is 5.26 Å². The Morgan fingerprint density at radius 1 is 1.24 bits per heavy atom.